The molecule has 1 N–H and O–H groups in total. The van der Waals surface area contributed by atoms with Crippen LogP contribution in [0.5, 0.6) is 0 Å². The number of nitrogens with one attached hydrogen (secondary N) is 1. The summed E-state index contributed by atoms with van der Waals surface area (Å²) < 4.78 is 10.2. The molecule has 0 fully saturated rings. The molecule has 0 aliphatic rings. The normalized spacial score (nSPS) is 11.5. The Kier molecular flexibility index (Phi) is 9.21. The number of carbonyl (C=O) groups is 1. The van der Waals surface area contributed by atoms with E-state index in [2.05, 4.69) is 19.2 Å². The lowest BCUT2D eigenvalue weighted by Gasteiger charge is -2.22. The SMILES string of the molecule is CNCC(C)(C)SSCOCCOC(C)=O. The minimum absolute atomic E-state index is 0.193. The van der Waals surface area contributed by atoms with Crippen molar-refractivity contribution >= 4 is 27.6 Å². The van der Waals surface area contributed by atoms with E-state index < -0.39 is 0 Å². The zero-order valence-corrected chi connectivity index (χ0v) is 12.0. The molecule has 0 amide bonds. The lowest BCUT2D eigenvalue weighted by molar-refractivity contribution is -0.142. The second kappa shape index (κ2) is 9.15. The third kappa shape index (κ3) is 10.6. The lowest BCUT2D eigenvalue weighted by Crippen LogP contribution is -2.28. The van der Waals surface area contributed by atoms with Gasteiger partial charge in [0, 0.05) is 18.2 Å². The van der Waals surface area contributed by atoms with Gasteiger partial charge < -0.3 is 14.8 Å². The van der Waals surface area contributed by atoms with E-state index in [0.29, 0.717) is 19.2 Å². The van der Waals surface area contributed by atoms with Crippen LogP contribution in [0.3, 0.4) is 0 Å². The molecule has 0 atom stereocenters. The molecular weight excluding hydrogens is 246 g/mol. The molecule has 0 aromatic carbocycles. The van der Waals surface area contributed by atoms with Gasteiger partial charge >= 0.3 is 5.97 Å². The fraction of sp³-hybridized carbons (Fsp3) is 0.900. The van der Waals surface area contributed by atoms with Crippen LogP contribution >= 0.6 is 21.6 Å². The Bertz CT molecular complexity index is 201. The molecule has 6 heteroatoms. The van der Waals surface area contributed by atoms with E-state index in [4.69, 9.17) is 9.47 Å². The van der Waals surface area contributed by atoms with Crippen LogP contribution in [-0.2, 0) is 14.3 Å². The van der Waals surface area contributed by atoms with Crippen LogP contribution in [0.25, 0.3) is 0 Å². The Morgan fingerprint density at radius 2 is 2.06 bits per heavy atom. The van der Waals surface area contributed by atoms with Gasteiger partial charge in [-0.2, -0.15) is 0 Å². The highest BCUT2D eigenvalue weighted by atomic mass is 33.1. The highest BCUT2D eigenvalue weighted by Crippen LogP contribution is 2.34. The molecule has 4 nitrogen and oxygen atoms in total. The summed E-state index contributed by atoms with van der Waals surface area (Å²) in [7, 11) is 5.41. The van der Waals surface area contributed by atoms with Gasteiger partial charge in [-0.25, -0.2) is 0 Å². The number of hydrogen-bond donors (Lipinski definition) is 1. The van der Waals surface area contributed by atoms with Gasteiger partial charge in [0.15, 0.2) is 0 Å². The minimum atomic E-state index is -0.263. The van der Waals surface area contributed by atoms with Crippen LogP contribution in [0.15, 0.2) is 0 Å². The fourth-order valence-electron chi connectivity index (χ4n) is 0.976. The Hall–Kier alpha value is 0.0900. The molecule has 0 saturated carbocycles. The molecule has 0 aromatic heterocycles. The van der Waals surface area contributed by atoms with Gasteiger partial charge in [0.1, 0.15) is 12.5 Å². The summed E-state index contributed by atoms with van der Waals surface area (Å²) in [5.74, 6) is 0.347. The number of esters is 1. The molecule has 0 saturated heterocycles. The van der Waals surface area contributed by atoms with E-state index in [0.717, 1.165) is 6.54 Å². The van der Waals surface area contributed by atoms with Crippen molar-refractivity contribution in [2.75, 3.05) is 32.7 Å². The van der Waals surface area contributed by atoms with E-state index in [-0.39, 0.29) is 10.7 Å². The number of ether oxygens (including phenoxy) is 2. The van der Waals surface area contributed by atoms with E-state index in [1.807, 2.05) is 7.05 Å². The molecule has 0 bridgehead atoms. The van der Waals surface area contributed by atoms with E-state index in [1.54, 1.807) is 21.6 Å². The molecule has 0 radical (unpaired) electrons. The quantitative estimate of drug-likeness (QED) is 0.298. The van der Waals surface area contributed by atoms with E-state index in [9.17, 15) is 4.79 Å². The summed E-state index contributed by atoms with van der Waals surface area (Å²) in [4.78, 5) is 10.4. The monoisotopic (exact) mass is 267 g/mol. The van der Waals surface area contributed by atoms with Gasteiger partial charge in [0.2, 0.25) is 0 Å². The molecule has 0 heterocycles. The maximum atomic E-state index is 10.4. The highest BCUT2D eigenvalue weighted by Gasteiger charge is 2.17. The van der Waals surface area contributed by atoms with Crippen LogP contribution in [0.4, 0.5) is 0 Å². The van der Waals surface area contributed by atoms with Gasteiger partial charge in [-0.1, -0.05) is 21.6 Å². The van der Waals surface area contributed by atoms with Crippen molar-refractivity contribution in [1.82, 2.24) is 5.32 Å². The third-order valence-corrected chi connectivity index (χ3v) is 4.52. The topological polar surface area (TPSA) is 47.6 Å². The number of rotatable bonds is 9. The Morgan fingerprint density at radius 3 is 2.62 bits per heavy atom. The lowest BCUT2D eigenvalue weighted by atomic mass is 10.2. The van der Waals surface area contributed by atoms with Gasteiger partial charge in [-0.05, 0) is 20.9 Å². The summed E-state index contributed by atoms with van der Waals surface area (Å²) >= 11 is 0. The molecule has 0 aromatic rings. The molecule has 0 rings (SSSR count). The van der Waals surface area contributed by atoms with Crippen molar-refractivity contribution < 1.29 is 14.3 Å². The predicted octanol–water partition coefficient (Wildman–Crippen LogP) is 1.90. The zero-order chi connectivity index (χ0) is 12.4. The largest absolute Gasteiger partial charge is 0.463 e. The molecular formula is C10H21NO3S2. The second-order valence-electron chi connectivity index (χ2n) is 3.86. The zero-order valence-electron chi connectivity index (χ0n) is 10.4. The third-order valence-electron chi connectivity index (χ3n) is 1.55. The molecule has 0 unspecified atom stereocenters. The average Bonchev–Trinajstić information content (AvgIpc) is 2.15. The molecule has 16 heavy (non-hydrogen) atoms. The van der Waals surface area contributed by atoms with E-state index in [1.165, 1.54) is 6.92 Å². The Balaban J connectivity index is 3.29. The highest BCUT2D eigenvalue weighted by molar-refractivity contribution is 8.77. The summed E-state index contributed by atoms with van der Waals surface area (Å²) in [5, 5.41) is 3.15. The predicted molar refractivity (Wildman–Crippen MR) is 70.6 cm³/mol. The molecule has 96 valence electrons. The first-order valence-electron chi connectivity index (χ1n) is 5.14. The molecule has 0 aliphatic heterocycles. The van der Waals surface area contributed by atoms with Gasteiger partial charge in [0.05, 0.1) is 6.61 Å². The standard InChI is InChI=1S/C10H21NO3S2/c1-9(12)14-6-5-13-8-15-16-10(2,3)7-11-4/h11H,5-8H2,1-4H3. The van der Waals surface area contributed by atoms with Crippen LogP contribution in [0, 0.1) is 0 Å². The van der Waals surface area contributed by atoms with Crippen LogP contribution in [0.2, 0.25) is 0 Å². The van der Waals surface area contributed by atoms with Crippen molar-refractivity contribution in [3.8, 4) is 0 Å². The molecule has 0 spiro atoms. The maximum absolute atomic E-state index is 10.4. The van der Waals surface area contributed by atoms with Crippen molar-refractivity contribution in [1.29, 1.82) is 0 Å². The van der Waals surface area contributed by atoms with Crippen molar-refractivity contribution in [2.24, 2.45) is 0 Å². The Labute approximate surface area is 106 Å². The summed E-state index contributed by atoms with van der Waals surface area (Å²) in [6.45, 7) is 7.50. The van der Waals surface area contributed by atoms with Gasteiger partial charge in [0.25, 0.3) is 0 Å². The van der Waals surface area contributed by atoms with E-state index >= 15 is 0 Å². The Morgan fingerprint density at radius 1 is 1.38 bits per heavy atom. The summed E-state index contributed by atoms with van der Waals surface area (Å²) in [6.07, 6.45) is 0. The van der Waals surface area contributed by atoms with Crippen LogP contribution < -0.4 is 5.32 Å². The summed E-state index contributed by atoms with van der Waals surface area (Å²) in [5.41, 5.74) is 0. The van der Waals surface area contributed by atoms with Crippen molar-refractivity contribution in [2.45, 2.75) is 25.5 Å². The first-order chi connectivity index (χ1) is 7.48. The smallest absolute Gasteiger partial charge is 0.302 e. The van der Waals surface area contributed by atoms with Crippen LogP contribution in [-0.4, -0.2) is 43.5 Å². The minimum Gasteiger partial charge on any atom is -0.463 e. The average molecular weight is 267 g/mol. The maximum Gasteiger partial charge on any atom is 0.302 e. The van der Waals surface area contributed by atoms with Crippen molar-refractivity contribution in [3.05, 3.63) is 0 Å². The fourth-order valence-corrected chi connectivity index (χ4v) is 3.21. The number of hydrogen-bond acceptors (Lipinski definition) is 6. The first kappa shape index (κ1) is 16.1. The van der Waals surface area contributed by atoms with Crippen LogP contribution in [0.1, 0.15) is 20.8 Å². The van der Waals surface area contributed by atoms with Gasteiger partial charge in [-0.3, -0.25) is 4.79 Å². The number of carbonyl (C=O) groups excluding carboxylic acids is 1. The molecule has 0 aliphatic carbocycles. The second-order valence-corrected chi connectivity index (χ2v) is 6.81. The first-order valence-corrected chi connectivity index (χ1v) is 7.46. The summed E-state index contributed by atoms with van der Waals surface area (Å²) in [6, 6.07) is 0. The van der Waals surface area contributed by atoms with Gasteiger partial charge in [-0.15, -0.1) is 0 Å². The van der Waals surface area contributed by atoms with Crippen molar-refractivity contribution in [3.63, 3.8) is 0 Å².